The Morgan fingerprint density at radius 2 is 1.44 bits per heavy atom. The van der Waals surface area contributed by atoms with Crippen molar-refractivity contribution < 1.29 is 35.9 Å². The fourth-order valence-corrected chi connectivity index (χ4v) is 2.69. The van der Waals surface area contributed by atoms with Crippen molar-refractivity contribution in [3.63, 3.8) is 0 Å². The minimum atomic E-state index is -4.70. The standard InChI is InChI=1S/C21H13F6N3O2/c22-11-5-7-13(16(24)9-11)19(31)29-18-10-12(6-8-15(18)23)28-20(32)30-17-4-2-1-3-14(17)21(25,26)27/h1-10H,(H,29,31)(H2,28,30,32). The molecule has 0 aliphatic rings. The molecule has 0 saturated carbocycles. The quantitative estimate of drug-likeness (QED) is 0.423. The van der Waals surface area contributed by atoms with Crippen LogP contribution in [0.15, 0.2) is 60.7 Å². The molecule has 3 amide bonds. The lowest BCUT2D eigenvalue weighted by atomic mass is 10.1. The third-order valence-electron chi connectivity index (χ3n) is 4.13. The van der Waals surface area contributed by atoms with Gasteiger partial charge in [-0.1, -0.05) is 12.1 Å². The number of carbonyl (C=O) groups excluding carboxylic acids is 2. The van der Waals surface area contributed by atoms with Crippen molar-refractivity contribution in [3.05, 3.63) is 89.2 Å². The van der Waals surface area contributed by atoms with Gasteiger partial charge in [0.05, 0.1) is 22.5 Å². The summed E-state index contributed by atoms with van der Waals surface area (Å²) in [4.78, 5) is 24.3. The molecule has 0 aliphatic heterocycles. The topological polar surface area (TPSA) is 70.2 Å². The van der Waals surface area contributed by atoms with Gasteiger partial charge in [0.15, 0.2) is 0 Å². The lowest BCUT2D eigenvalue weighted by Gasteiger charge is -2.14. The number of hydrogen-bond acceptors (Lipinski definition) is 2. The largest absolute Gasteiger partial charge is 0.418 e. The highest BCUT2D eigenvalue weighted by Gasteiger charge is 2.33. The van der Waals surface area contributed by atoms with Crippen molar-refractivity contribution in [2.24, 2.45) is 0 Å². The van der Waals surface area contributed by atoms with Gasteiger partial charge >= 0.3 is 12.2 Å². The first-order valence-electron chi connectivity index (χ1n) is 8.85. The van der Waals surface area contributed by atoms with E-state index in [9.17, 15) is 35.9 Å². The molecular formula is C21H13F6N3O2. The Hall–Kier alpha value is -4.02. The first-order chi connectivity index (χ1) is 15.0. The van der Waals surface area contributed by atoms with Crippen LogP contribution in [-0.2, 0) is 6.18 Å². The molecule has 11 heteroatoms. The molecular weight excluding hydrogens is 440 g/mol. The second kappa shape index (κ2) is 9.00. The Bertz CT molecular complexity index is 1180. The lowest BCUT2D eigenvalue weighted by molar-refractivity contribution is -0.136. The van der Waals surface area contributed by atoms with Crippen molar-refractivity contribution >= 4 is 29.0 Å². The van der Waals surface area contributed by atoms with Gasteiger partial charge in [0.25, 0.3) is 5.91 Å². The number of carbonyl (C=O) groups is 2. The normalized spacial score (nSPS) is 11.1. The molecule has 0 atom stereocenters. The first-order valence-corrected chi connectivity index (χ1v) is 8.85. The van der Waals surface area contributed by atoms with Crippen LogP contribution in [0.4, 0.5) is 48.2 Å². The number of benzene rings is 3. The number of nitrogens with one attached hydrogen (secondary N) is 3. The third-order valence-corrected chi connectivity index (χ3v) is 4.13. The molecule has 0 heterocycles. The number of alkyl halides is 3. The van der Waals surface area contributed by atoms with Crippen LogP contribution in [0.5, 0.6) is 0 Å². The highest BCUT2D eigenvalue weighted by Crippen LogP contribution is 2.34. The van der Waals surface area contributed by atoms with Crippen molar-refractivity contribution in [2.75, 3.05) is 16.0 Å². The van der Waals surface area contributed by atoms with E-state index in [4.69, 9.17) is 0 Å². The van der Waals surface area contributed by atoms with Gasteiger partial charge in [0.2, 0.25) is 0 Å². The van der Waals surface area contributed by atoms with Gasteiger partial charge in [-0.15, -0.1) is 0 Å². The minimum Gasteiger partial charge on any atom is -0.319 e. The zero-order valence-electron chi connectivity index (χ0n) is 15.9. The summed E-state index contributed by atoms with van der Waals surface area (Å²) in [5, 5.41) is 6.33. The summed E-state index contributed by atoms with van der Waals surface area (Å²) in [5.74, 6) is -4.09. The number of amides is 3. The van der Waals surface area contributed by atoms with E-state index in [2.05, 4.69) is 10.6 Å². The number of hydrogen-bond donors (Lipinski definition) is 3. The summed E-state index contributed by atoms with van der Waals surface area (Å²) in [7, 11) is 0. The highest BCUT2D eigenvalue weighted by molar-refractivity contribution is 6.05. The van der Waals surface area contributed by atoms with E-state index in [0.717, 1.165) is 48.5 Å². The predicted octanol–water partition coefficient (Wildman–Crippen LogP) is 6.02. The molecule has 3 aromatic carbocycles. The zero-order chi connectivity index (χ0) is 23.5. The molecule has 166 valence electrons. The van der Waals surface area contributed by atoms with E-state index >= 15 is 0 Å². The van der Waals surface area contributed by atoms with Gasteiger partial charge in [0.1, 0.15) is 17.5 Å². The Morgan fingerprint density at radius 3 is 2.12 bits per heavy atom. The maximum absolute atomic E-state index is 14.1. The summed E-state index contributed by atoms with van der Waals surface area (Å²) in [5.41, 5.74) is -2.65. The van der Waals surface area contributed by atoms with E-state index in [0.29, 0.717) is 6.07 Å². The Balaban J connectivity index is 1.75. The van der Waals surface area contributed by atoms with Gasteiger partial charge in [-0.2, -0.15) is 13.2 Å². The van der Waals surface area contributed by atoms with Crippen LogP contribution in [0.3, 0.4) is 0 Å². The van der Waals surface area contributed by atoms with Crippen LogP contribution in [-0.4, -0.2) is 11.9 Å². The summed E-state index contributed by atoms with van der Waals surface area (Å²) >= 11 is 0. The molecule has 5 nitrogen and oxygen atoms in total. The molecule has 0 aromatic heterocycles. The molecule has 0 unspecified atom stereocenters. The molecule has 0 radical (unpaired) electrons. The number of urea groups is 1. The van der Waals surface area contributed by atoms with Crippen molar-refractivity contribution in [2.45, 2.75) is 6.18 Å². The van der Waals surface area contributed by atoms with Crippen LogP contribution in [0.2, 0.25) is 0 Å². The summed E-state index contributed by atoms with van der Waals surface area (Å²) in [6.45, 7) is 0. The molecule has 0 spiro atoms. The first kappa shape index (κ1) is 22.7. The van der Waals surface area contributed by atoms with E-state index in [-0.39, 0.29) is 5.69 Å². The minimum absolute atomic E-state index is 0.0803. The van der Waals surface area contributed by atoms with Crippen LogP contribution in [0, 0.1) is 17.5 Å². The Labute approximate surface area is 177 Å². The number of anilines is 3. The van der Waals surface area contributed by atoms with Gasteiger partial charge in [-0.25, -0.2) is 18.0 Å². The van der Waals surface area contributed by atoms with Crippen LogP contribution >= 0.6 is 0 Å². The van der Waals surface area contributed by atoms with Crippen molar-refractivity contribution in [1.29, 1.82) is 0 Å². The molecule has 3 N–H and O–H groups in total. The maximum Gasteiger partial charge on any atom is 0.418 e. The van der Waals surface area contributed by atoms with Crippen LogP contribution in [0.25, 0.3) is 0 Å². The molecule has 0 bridgehead atoms. The average molecular weight is 453 g/mol. The van der Waals surface area contributed by atoms with E-state index < -0.39 is 58.1 Å². The monoisotopic (exact) mass is 453 g/mol. The molecule has 0 fully saturated rings. The molecule has 0 aliphatic carbocycles. The van der Waals surface area contributed by atoms with E-state index in [1.54, 1.807) is 0 Å². The number of halogens is 6. The molecule has 3 rings (SSSR count). The second-order valence-corrected chi connectivity index (χ2v) is 6.40. The molecule has 0 saturated heterocycles. The fourth-order valence-electron chi connectivity index (χ4n) is 2.69. The molecule has 3 aromatic rings. The Kier molecular flexibility index (Phi) is 6.37. The third kappa shape index (κ3) is 5.36. The van der Waals surface area contributed by atoms with Gasteiger partial charge in [-0.05, 0) is 42.5 Å². The predicted molar refractivity (Wildman–Crippen MR) is 105 cm³/mol. The summed E-state index contributed by atoms with van der Waals surface area (Å²) in [6, 6.07) is 8.36. The summed E-state index contributed by atoms with van der Waals surface area (Å²) in [6.07, 6.45) is -4.70. The van der Waals surface area contributed by atoms with Crippen molar-refractivity contribution in [1.82, 2.24) is 0 Å². The highest BCUT2D eigenvalue weighted by atomic mass is 19.4. The number of para-hydroxylation sites is 1. The van der Waals surface area contributed by atoms with Gasteiger partial charge in [-0.3, -0.25) is 4.79 Å². The van der Waals surface area contributed by atoms with Gasteiger partial charge < -0.3 is 16.0 Å². The van der Waals surface area contributed by atoms with Crippen LogP contribution < -0.4 is 16.0 Å². The number of rotatable bonds is 4. The second-order valence-electron chi connectivity index (χ2n) is 6.40. The van der Waals surface area contributed by atoms with Gasteiger partial charge in [0, 0.05) is 11.8 Å². The van der Waals surface area contributed by atoms with Crippen LogP contribution in [0.1, 0.15) is 15.9 Å². The SMILES string of the molecule is O=C(Nc1ccc(F)c(NC(=O)c2ccc(F)cc2F)c1)Nc1ccccc1C(F)(F)F. The van der Waals surface area contributed by atoms with E-state index in [1.807, 2.05) is 5.32 Å². The van der Waals surface area contributed by atoms with Crippen molar-refractivity contribution in [3.8, 4) is 0 Å². The zero-order valence-corrected chi connectivity index (χ0v) is 15.9. The summed E-state index contributed by atoms with van der Waals surface area (Å²) < 4.78 is 79.9. The fraction of sp³-hybridized carbons (Fsp3) is 0.0476. The Morgan fingerprint density at radius 1 is 0.719 bits per heavy atom. The lowest BCUT2D eigenvalue weighted by Crippen LogP contribution is -2.22. The average Bonchev–Trinajstić information content (AvgIpc) is 2.70. The van der Waals surface area contributed by atoms with E-state index in [1.165, 1.54) is 6.07 Å². The molecule has 32 heavy (non-hydrogen) atoms. The smallest absolute Gasteiger partial charge is 0.319 e. The maximum atomic E-state index is 14.1.